The van der Waals surface area contributed by atoms with E-state index in [9.17, 15) is 4.79 Å². The van der Waals surface area contributed by atoms with Crippen LogP contribution >= 0.6 is 23.2 Å². The summed E-state index contributed by atoms with van der Waals surface area (Å²) in [5.74, 6) is 0.473. The number of ether oxygens (including phenoxy) is 1. The van der Waals surface area contributed by atoms with Crippen molar-refractivity contribution in [2.75, 3.05) is 18.4 Å². The van der Waals surface area contributed by atoms with Crippen LogP contribution in [-0.4, -0.2) is 45.7 Å². The number of nitrogens with zero attached hydrogens (tertiary/aromatic N) is 3. The lowest BCUT2D eigenvalue weighted by Gasteiger charge is -2.40. The number of carbonyl (C=O) groups excluding carboxylic acids is 1. The molecule has 1 saturated heterocycles. The van der Waals surface area contributed by atoms with Gasteiger partial charge in [-0.05, 0) is 32.4 Å². The maximum atomic E-state index is 11.8. The summed E-state index contributed by atoms with van der Waals surface area (Å²) >= 11 is 11.7. The molecule has 0 bridgehead atoms. The smallest absolute Gasteiger partial charge is 0.410 e. The van der Waals surface area contributed by atoms with Gasteiger partial charge in [-0.1, -0.05) is 11.6 Å². The first-order valence-corrected chi connectivity index (χ1v) is 6.93. The number of likely N-dealkylation sites (tertiary alicyclic amines) is 1. The van der Waals surface area contributed by atoms with Crippen molar-refractivity contribution in [1.82, 2.24) is 14.9 Å². The third kappa shape index (κ3) is 3.86. The molecule has 1 amide bonds. The van der Waals surface area contributed by atoms with Gasteiger partial charge in [0.05, 0.1) is 12.2 Å². The summed E-state index contributed by atoms with van der Waals surface area (Å²) in [5.41, 5.74) is -0.487. The third-order valence-electron chi connectivity index (χ3n) is 2.59. The van der Waals surface area contributed by atoms with Gasteiger partial charge in [0.2, 0.25) is 5.28 Å². The highest BCUT2D eigenvalue weighted by Crippen LogP contribution is 2.23. The highest BCUT2D eigenvalue weighted by molar-refractivity contribution is 6.33. The average molecular weight is 319 g/mol. The van der Waals surface area contributed by atoms with E-state index < -0.39 is 5.60 Å². The van der Waals surface area contributed by atoms with E-state index in [1.54, 1.807) is 4.90 Å². The van der Waals surface area contributed by atoms with E-state index in [1.807, 2.05) is 20.8 Å². The molecule has 1 aromatic heterocycles. The fraction of sp³-hybridized carbons (Fsp3) is 0.583. The maximum absolute atomic E-state index is 11.8. The number of halogens is 2. The van der Waals surface area contributed by atoms with Gasteiger partial charge in [-0.3, -0.25) is 0 Å². The molecule has 8 heteroatoms. The fourth-order valence-corrected chi connectivity index (χ4v) is 1.96. The van der Waals surface area contributed by atoms with E-state index >= 15 is 0 Å². The largest absolute Gasteiger partial charge is 0.444 e. The second-order valence-electron chi connectivity index (χ2n) is 5.56. The molecule has 0 aromatic carbocycles. The number of amides is 1. The molecule has 20 heavy (non-hydrogen) atoms. The summed E-state index contributed by atoms with van der Waals surface area (Å²) < 4.78 is 5.27. The van der Waals surface area contributed by atoms with Crippen molar-refractivity contribution in [2.24, 2.45) is 0 Å². The average Bonchev–Trinajstić information content (AvgIpc) is 2.24. The summed E-state index contributed by atoms with van der Waals surface area (Å²) in [7, 11) is 0. The first kappa shape index (κ1) is 15.1. The molecule has 0 aliphatic carbocycles. The zero-order chi connectivity index (χ0) is 14.9. The van der Waals surface area contributed by atoms with Gasteiger partial charge in [-0.2, -0.15) is 4.98 Å². The molecule has 2 heterocycles. The maximum Gasteiger partial charge on any atom is 0.410 e. The van der Waals surface area contributed by atoms with Crippen LogP contribution in [0.25, 0.3) is 0 Å². The molecule has 1 fully saturated rings. The van der Waals surface area contributed by atoms with Crippen LogP contribution in [0.2, 0.25) is 10.3 Å². The van der Waals surface area contributed by atoms with Crippen molar-refractivity contribution in [2.45, 2.75) is 32.4 Å². The second kappa shape index (κ2) is 5.61. The van der Waals surface area contributed by atoms with Gasteiger partial charge in [-0.15, -0.1) is 0 Å². The molecule has 0 spiro atoms. The van der Waals surface area contributed by atoms with Crippen LogP contribution in [0.15, 0.2) is 6.20 Å². The molecule has 2 rings (SSSR count). The lowest BCUT2D eigenvalue weighted by Crippen LogP contribution is -2.58. The molecule has 0 radical (unpaired) electrons. The van der Waals surface area contributed by atoms with Crippen LogP contribution in [0.4, 0.5) is 10.6 Å². The summed E-state index contributed by atoms with van der Waals surface area (Å²) in [6, 6.07) is 0.0750. The van der Waals surface area contributed by atoms with Crippen LogP contribution in [0, 0.1) is 0 Å². The molecule has 1 aliphatic rings. The van der Waals surface area contributed by atoms with E-state index in [1.165, 1.54) is 6.20 Å². The highest BCUT2D eigenvalue weighted by Gasteiger charge is 2.34. The highest BCUT2D eigenvalue weighted by atomic mass is 35.5. The van der Waals surface area contributed by atoms with E-state index in [0.29, 0.717) is 23.9 Å². The van der Waals surface area contributed by atoms with Crippen LogP contribution in [-0.2, 0) is 4.74 Å². The zero-order valence-corrected chi connectivity index (χ0v) is 13.0. The van der Waals surface area contributed by atoms with Crippen molar-refractivity contribution in [3.63, 3.8) is 0 Å². The van der Waals surface area contributed by atoms with Gasteiger partial charge in [-0.25, -0.2) is 9.78 Å². The number of anilines is 1. The summed E-state index contributed by atoms with van der Waals surface area (Å²) in [6.07, 6.45) is 1.12. The summed E-state index contributed by atoms with van der Waals surface area (Å²) in [5, 5.41) is 3.64. The molecule has 1 N–H and O–H groups in total. The lowest BCUT2D eigenvalue weighted by molar-refractivity contribution is 0.0104. The van der Waals surface area contributed by atoms with Crippen LogP contribution in [0.1, 0.15) is 20.8 Å². The van der Waals surface area contributed by atoms with Crippen molar-refractivity contribution in [3.05, 3.63) is 16.5 Å². The van der Waals surface area contributed by atoms with Gasteiger partial charge in [0.15, 0.2) is 0 Å². The Kier molecular flexibility index (Phi) is 4.25. The lowest BCUT2D eigenvalue weighted by atomic mass is 10.1. The number of hydrogen-bond acceptors (Lipinski definition) is 5. The van der Waals surface area contributed by atoms with E-state index in [4.69, 9.17) is 27.9 Å². The predicted octanol–water partition coefficient (Wildman–Crippen LogP) is 2.81. The molecule has 1 aromatic rings. The topological polar surface area (TPSA) is 67.3 Å². The Morgan fingerprint density at radius 3 is 2.70 bits per heavy atom. The second-order valence-corrected chi connectivity index (χ2v) is 6.31. The van der Waals surface area contributed by atoms with Gasteiger partial charge in [0, 0.05) is 13.1 Å². The zero-order valence-electron chi connectivity index (χ0n) is 11.5. The standard InChI is InChI=1S/C12H16Cl2N4O2/c1-12(2,3)20-11(19)18-5-7(6-18)16-9-8(13)4-15-10(14)17-9/h4,7H,5-6H2,1-3H3,(H,15,16,17). The number of aromatic nitrogens is 2. The SMILES string of the molecule is CC(C)(C)OC(=O)N1CC(Nc2nc(Cl)ncc2Cl)C1. The van der Waals surface area contributed by atoms with Crippen LogP contribution in [0.3, 0.4) is 0 Å². The van der Waals surface area contributed by atoms with Crippen molar-refractivity contribution in [1.29, 1.82) is 0 Å². The van der Waals surface area contributed by atoms with E-state index in [-0.39, 0.29) is 17.4 Å². The molecule has 0 unspecified atom stereocenters. The Balaban J connectivity index is 1.85. The summed E-state index contributed by atoms with van der Waals surface area (Å²) in [4.78, 5) is 21.1. The molecule has 110 valence electrons. The molecule has 0 atom stereocenters. The Bertz CT molecular complexity index is 513. The van der Waals surface area contributed by atoms with E-state index in [2.05, 4.69) is 15.3 Å². The van der Waals surface area contributed by atoms with Crippen molar-refractivity contribution in [3.8, 4) is 0 Å². The predicted molar refractivity (Wildman–Crippen MR) is 77.3 cm³/mol. The van der Waals surface area contributed by atoms with Gasteiger partial charge >= 0.3 is 6.09 Å². The Labute approximate surface area is 127 Å². The molecule has 0 saturated carbocycles. The minimum Gasteiger partial charge on any atom is -0.444 e. The van der Waals surface area contributed by atoms with E-state index in [0.717, 1.165) is 0 Å². The number of nitrogens with one attached hydrogen (secondary N) is 1. The van der Waals surface area contributed by atoms with Crippen molar-refractivity contribution >= 4 is 35.1 Å². The number of rotatable bonds is 2. The first-order valence-electron chi connectivity index (χ1n) is 6.17. The molecular weight excluding hydrogens is 303 g/mol. The quantitative estimate of drug-likeness (QED) is 0.849. The summed E-state index contributed by atoms with van der Waals surface area (Å²) in [6.45, 7) is 6.58. The van der Waals surface area contributed by atoms with Crippen LogP contribution in [0.5, 0.6) is 0 Å². The molecular formula is C12H16Cl2N4O2. The monoisotopic (exact) mass is 318 g/mol. The number of carbonyl (C=O) groups is 1. The Morgan fingerprint density at radius 1 is 1.45 bits per heavy atom. The minimum absolute atomic E-state index is 0.0750. The van der Waals surface area contributed by atoms with Gasteiger partial charge < -0.3 is 15.0 Å². The van der Waals surface area contributed by atoms with Crippen LogP contribution < -0.4 is 5.32 Å². The van der Waals surface area contributed by atoms with Crippen molar-refractivity contribution < 1.29 is 9.53 Å². The number of hydrogen-bond donors (Lipinski definition) is 1. The normalized spacial score (nSPS) is 15.8. The van der Waals surface area contributed by atoms with Gasteiger partial charge in [0.25, 0.3) is 0 Å². The Morgan fingerprint density at radius 2 is 2.10 bits per heavy atom. The Hall–Kier alpha value is -1.27. The fourth-order valence-electron chi connectivity index (χ4n) is 1.69. The first-order chi connectivity index (χ1) is 9.24. The molecule has 6 nitrogen and oxygen atoms in total. The van der Waals surface area contributed by atoms with Gasteiger partial charge in [0.1, 0.15) is 16.4 Å². The molecule has 1 aliphatic heterocycles. The minimum atomic E-state index is -0.487. The third-order valence-corrected chi connectivity index (χ3v) is 3.05.